The van der Waals surface area contributed by atoms with E-state index in [-0.39, 0.29) is 5.03 Å². The van der Waals surface area contributed by atoms with Gasteiger partial charge in [0.25, 0.3) is 10.0 Å². The predicted molar refractivity (Wildman–Crippen MR) is 81.3 cm³/mol. The van der Waals surface area contributed by atoms with Gasteiger partial charge < -0.3 is 5.32 Å². The molecule has 1 aromatic heterocycles. The smallest absolute Gasteiger partial charge is 0.260 e. The van der Waals surface area contributed by atoms with Crippen LogP contribution in [0.3, 0.4) is 0 Å². The van der Waals surface area contributed by atoms with Crippen molar-refractivity contribution in [2.75, 3.05) is 13.6 Å². The van der Waals surface area contributed by atoms with Gasteiger partial charge in [-0.05, 0) is 43.2 Å². The van der Waals surface area contributed by atoms with E-state index in [1.54, 1.807) is 19.3 Å². The maximum absolute atomic E-state index is 12.4. The minimum Gasteiger partial charge on any atom is -0.310 e. The highest BCUT2D eigenvalue weighted by Crippen LogP contribution is 2.28. The van der Waals surface area contributed by atoms with E-state index in [0.29, 0.717) is 18.5 Å². The number of nitrogens with zero attached hydrogens (tertiary/aromatic N) is 2. The second kappa shape index (κ2) is 6.02. The van der Waals surface area contributed by atoms with Gasteiger partial charge in [0.05, 0.1) is 0 Å². The summed E-state index contributed by atoms with van der Waals surface area (Å²) in [4.78, 5) is 4.15. The van der Waals surface area contributed by atoms with Gasteiger partial charge in [-0.3, -0.25) is 0 Å². The molecule has 5 nitrogen and oxygen atoms in total. The average Bonchev–Trinajstić information content (AvgIpc) is 3.25. The zero-order valence-corrected chi connectivity index (χ0v) is 13.3. The summed E-state index contributed by atoms with van der Waals surface area (Å²) in [7, 11) is -1.79. The topological polar surface area (TPSA) is 62.3 Å². The molecule has 0 saturated heterocycles. The summed E-state index contributed by atoms with van der Waals surface area (Å²) >= 11 is 0. The van der Waals surface area contributed by atoms with Gasteiger partial charge in [0.1, 0.15) is 0 Å². The zero-order valence-electron chi connectivity index (χ0n) is 12.5. The van der Waals surface area contributed by atoms with E-state index < -0.39 is 10.0 Å². The Kier molecular flexibility index (Phi) is 4.28. The monoisotopic (exact) mass is 309 g/mol. The second-order valence-electron chi connectivity index (χ2n) is 6.24. The Balaban J connectivity index is 1.62. The van der Waals surface area contributed by atoms with Crippen LogP contribution >= 0.6 is 0 Å². The molecule has 0 bridgehead atoms. The summed E-state index contributed by atoms with van der Waals surface area (Å²) in [6.45, 7) is 1.37. The van der Waals surface area contributed by atoms with Crippen molar-refractivity contribution >= 4 is 10.0 Å². The van der Waals surface area contributed by atoms with Crippen molar-refractivity contribution < 1.29 is 8.42 Å². The molecule has 2 aliphatic rings. The molecule has 0 unspecified atom stereocenters. The molecular formula is C15H23N3O2S. The number of rotatable bonds is 7. The third-order valence-electron chi connectivity index (χ3n) is 4.38. The first kappa shape index (κ1) is 14.9. The van der Waals surface area contributed by atoms with E-state index in [9.17, 15) is 8.42 Å². The molecule has 3 rings (SSSR count). The molecule has 0 amide bonds. The summed E-state index contributed by atoms with van der Waals surface area (Å²) in [6.07, 6.45) is 7.65. The fraction of sp³-hybridized carbons (Fsp3) is 0.667. The molecule has 2 fully saturated rings. The molecule has 0 radical (unpaired) electrons. The number of hydrogen-bond donors (Lipinski definition) is 1. The Bertz CT molecular complexity index is 577. The lowest BCUT2D eigenvalue weighted by Crippen LogP contribution is -2.34. The second-order valence-corrected chi connectivity index (χ2v) is 8.23. The van der Waals surface area contributed by atoms with Crippen LogP contribution in [0.5, 0.6) is 0 Å². The van der Waals surface area contributed by atoms with Crippen LogP contribution in [0, 0.1) is 5.92 Å². The van der Waals surface area contributed by atoms with Crippen molar-refractivity contribution in [1.82, 2.24) is 14.6 Å². The van der Waals surface area contributed by atoms with E-state index in [4.69, 9.17) is 0 Å². The fourth-order valence-electron chi connectivity index (χ4n) is 2.51. The summed E-state index contributed by atoms with van der Waals surface area (Å²) in [5.41, 5.74) is 1.03. The molecule has 1 N–H and O–H groups in total. The molecule has 2 saturated carbocycles. The average molecular weight is 309 g/mol. The van der Waals surface area contributed by atoms with Gasteiger partial charge in [-0.15, -0.1) is 0 Å². The number of aromatic nitrogens is 1. The van der Waals surface area contributed by atoms with Crippen LogP contribution in [0.4, 0.5) is 0 Å². The fourth-order valence-corrected chi connectivity index (χ4v) is 3.67. The molecule has 0 aromatic carbocycles. The maximum atomic E-state index is 12.4. The van der Waals surface area contributed by atoms with Crippen molar-refractivity contribution in [3.63, 3.8) is 0 Å². The van der Waals surface area contributed by atoms with Crippen molar-refractivity contribution in [1.29, 1.82) is 0 Å². The molecule has 1 heterocycles. The zero-order chi connectivity index (χ0) is 14.9. The molecule has 0 aliphatic heterocycles. The van der Waals surface area contributed by atoms with Gasteiger partial charge in [0, 0.05) is 32.4 Å². The van der Waals surface area contributed by atoms with Crippen LogP contribution in [0.25, 0.3) is 0 Å². The summed E-state index contributed by atoms with van der Waals surface area (Å²) in [5, 5.41) is 3.55. The third-order valence-corrected chi connectivity index (χ3v) is 6.12. The van der Waals surface area contributed by atoms with Crippen molar-refractivity contribution in [3.05, 3.63) is 23.9 Å². The van der Waals surface area contributed by atoms with Gasteiger partial charge in [-0.2, -0.15) is 4.31 Å². The maximum Gasteiger partial charge on any atom is 0.260 e. The Morgan fingerprint density at radius 3 is 2.57 bits per heavy atom. The Morgan fingerprint density at radius 1 is 1.29 bits per heavy atom. The molecule has 0 atom stereocenters. The van der Waals surface area contributed by atoms with E-state index in [1.165, 1.54) is 23.6 Å². The normalized spacial score (nSPS) is 19.7. The van der Waals surface area contributed by atoms with Crippen molar-refractivity contribution in [2.24, 2.45) is 5.92 Å². The molecule has 6 heteroatoms. The van der Waals surface area contributed by atoms with Crippen LogP contribution < -0.4 is 5.32 Å². The van der Waals surface area contributed by atoms with Gasteiger partial charge >= 0.3 is 0 Å². The minimum absolute atomic E-state index is 0.152. The largest absolute Gasteiger partial charge is 0.310 e. The predicted octanol–water partition coefficient (Wildman–Crippen LogP) is 1.75. The van der Waals surface area contributed by atoms with Crippen molar-refractivity contribution in [2.45, 2.75) is 49.7 Å². The summed E-state index contributed by atoms with van der Waals surface area (Å²) in [6, 6.07) is 4.12. The van der Waals surface area contributed by atoms with E-state index in [2.05, 4.69) is 10.3 Å². The standard InChI is InChI=1S/C15H23N3O2S/c1-18(11-12-3-2-4-12)21(19,20)15-8-5-13(10-17-15)9-16-14-6-7-14/h5,8,10,12,14,16H,2-4,6-7,9,11H2,1H3. The van der Waals surface area contributed by atoms with E-state index >= 15 is 0 Å². The van der Waals surface area contributed by atoms with Crippen molar-refractivity contribution in [3.8, 4) is 0 Å². The van der Waals surface area contributed by atoms with E-state index in [1.807, 2.05) is 6.07 Å². The third kappa shape index (κ3) is 3.62. The van der Waals surface area contributed by atoms with Crippen LogP contribution in [0.2, 0.25) is 0 Å². The molecule has 0 spiro atoms. The highest BCUT2D eigenvalue weighted by molar-refractivity contribution is 7.89. The molecule has 116 valence electrons. The first-order valence-electron chi connectivity index (χ1n) is 7.70. The lowest BCUT2D eigenvalue weighted by Gasteiger charge is -2.29. The number of hydrogen-bond acceptors (Lipinski definition) is 4. The highest BCUT2D eigenvalue weighted by Gasteiger charge is 2.27. The lowest BCUT2D eigenvalue weighted by atomic mass is 9.86. The molecule has 2 aliphatic carbocycles. The number of nitrogens with one attached hydrogen (secondary N) is 1. The molecule has 1 aromatic rings. The van der Waals surface area contributed by atoms with Gasteiger partial charge in [0.15, 0.2) is 5.03 Å². The van der Waals surface area contributed by atoms with Crippen LogP contribution in [0.1, 0.15) is 37.7 Å². The summed E-state index contributed by atoms with van der Waals surface area (Å²) < 4.78 is 26.3. The van der Waals surface area contributed by atoms with E-state index in [0.717, 1.165) is 24.9 Å². The lowest BCUT2D eigenvalue weighted by molar-refractivity contribution is 0.262. The molecular weight excluding hydrogens is 286 g/mol. The first-order chi connectivity index (χ1) is 10.1. The van der Waals surface area contributed by atoms with Crippen LogP contribution in [0.15, 0.2) is 23.4 Å². The van der Waals surface area contributed by atoms with Gasteiger partial charge in [-0.25, -0.2) is 13.4 Å². The Labute approximate surface area is 126 Å². The number of pyridine rings is 1. The number of sulfonamides is 1. The van der Waals surface area contributed by atoms with Crippen LogP contribution in [-0.4, -0.2) is 37.3 Å². The minimum atomic E-state index is -3.44. The molecule has 21 heavy (non-hydrogen) atoms. The first-order valence-corrected chi connectivity index (χ1v) is 9.14. The Morgan fingerprint density at radius 2 is 2.05 bits per heavy atom. The Hall–Kier alpha value is -0.980. The highest BCUT2D eigenvalue weighted by atomic mass is 32.2. The van der Waals surface area contributed by atoms with Gasteiger partial charge in [0.2, 0.25) is 0 Å². The summed E-state index contributed by atoms with van der Waals surface area (Å²) in [5.74, 6) is 0.520. The van der Waals surface area contributed by atoms with Crippen LogP contribution in [-0.2, 0) is 16.6 Å². The SMILES string of the molecule is CN(CC1CCC1)S(=O)(=O)c1ccc(CNC2CC2)cn1. The quantitative estimate of drug-likeness (QED) is 0.833. The van der Waals surface area contributed by atoms with Gasteiger partial charge in [-0.1, -0.05) is 12.5 Å².